The van der Waals surface area contributed by atoms with Crippen LogP contribution in [0.4, 0.5) is 0 Å². The monoisotopic (exact) mass is 397 g/mol. The van der Waals surface area contributed by atoms with Crippen molar-refractivity contribution in [3.8, 4) is 11.5 Å². The quantitative estimate of drug-likeness (QED) is 0.693. The Morgan fingerprint density at radius 2 is 1.34 bits per heavy atom. The smallest absolute Gasteiger partial charge is 0.260 e. The van der Waals surface area contributed by atoms with Gasteiger partial charge < -0.3 is 19.7 Å². The first kappa shape index (κ1) is 20.7. The third kappa shape index (κ3) is 7.12. The van der Waals surface area contributed by atoms with Crippen molar-refractivity contribution in [2.24, 2.45) is 0 Å². The molecule has 0 aromatic heterocycles. The Bertz CT molecular complexity index is 759. The van der Waals surface area contributed by atoms with Crippen LogP contribution in [0.25, 0.3) is 0 Å². The van der Waals surface area contributed by atoms with Gasteiger partial charge in [-0.25, -0.2) is 0 Å². The van der Waals surface area contributed by atoms with Crippen molar-refractivity contribution in [3.63, 3.8) is 0 Å². The van der Waals surface area contributed by atoms with Gasteiger partial charge in [-0.05, 0) is 24.3 Å². The second kappa shape index (κ2) is 11.1. The average Bonchev–Trinajstić information content (AvgIpc) is 2.78. The lowest BCUT2D eigenvalue weighted by Gasteiger charge is -2.34. The SMILES string of the molecule is O=C(COc1ccccc1)NCCN1CCN(C(=O)COc2ccccc2)CC1. The van der Waals surface area contributed by atoms with Gasteiger partial charge in [0.1, 0.15) is 11.5 Å². The maximum atomic E-state index is 12.3. The molecule has 1 aliphatic rings. The molecule has 1 heterocycles. The first-order chi connectivity index (χ1) is 14.2. The molecule has 7 nitrogen and oxygen atoms in total. The van der Waals surface area contributed by atoms with E-state index >= 15 is 0 Å². The van der Waals surface area contributed by atoms with Gasteiger partial charge in [-0.2, -0.15) is 0 Å². The predicted molar refractivity (Wildman–Crippen MR) is 110 cm³/mol. The highest BCUT2D eigenvalue weighted by atomic mass is 16.5. The van der Waals surface area contributed by atoms with Gasteiger partial charge >= 0.3 is 0 Å². The summed E-state index contributed by atoms with van der Waals surface area (Å²) in [5.41, 5.74) is 0. The van der Waals surface area contributed by atoms with Gasteiger partial charge in [0.15, 0.2) is 13.2 Å². The zero-order chi connectivity index (χ0) is 20.3. The van der Waals surface area contributed by atoms with Crippen LogP contribution in [-0.2, 0) is 9.59 Å². The van der Waals surface area contributed by atoms with Crippen molar-refractivity contribution in [1.29, 1.82) is 0 Å². The molecular formula is C22H27N3O4. The average molecular weight is 397 g/mol. The minimum atomic E-state index is -0.138. The summed E-state index contributed by atoms with van der Waals surface area (Å²) in [7, 11) is 0. The third-order valence-corrected chi connectivity index (χ3v) is 4.69. The maximum absolute atomic E-state index is 12.3. The Labute approximate surface area is 171 Å². The molecule has 0 unspecified atom stereocenters. The Balaban J connectivity index is 1.26. The molecule has 0 spiro atoms. The number of rotatable bonds is 9. The number of piperazine rings is 1. The van der Waals surface area contributed by atoms with Gasteiger partial charge in [0.2, 0.25) is 0 Å². The molecule has 29 heavy (non-hydrogen) atoms. The van der Waals surface area contributed by atoms with Gasteiger partial charge in [-0.3, -0.25) is 14.5 Å². The van der Waals surface area contributed by atoms with Crippen LogP contribution in [0.3, 0.4) is 0 Å². The Morgan fingerprint density at radius 3 is 1.93 bits per heavy atom. The summed E-state index contributed by atoms with van der Waals surface area (Å²) in [5.74, 6) is 1.24. The molecule has 2 amide bonds. The molecule has 1 fully saturated rings. The number of carbonyl (C=O) groups excluding carboxylic acids is 2. The minimum Gasteiger partial charge on any atom is -0.484 e. The van der Waals surface area contributed by atoms with Crippen molar-refractivity contribution in [1.82, 2.24) is 15.1 Å². The van der Waals surface area contributed by atoms with Gasteiger partial charge in [-0.1, -0.05) is 36.4 Å². The van der Waals surface area contributed by atoms with Crippen LogP contribution in [-0.4, -0.2) is 74.1 Å². The molecule has 154 valence electrons. The van der Waals surface area contributed by atoms with Crippen LogP contribution in [0.5, 0.6) is 11.5 Å². The summed E-state index contributed by atoms with van der Waals surface area (Å²) in [6, 6.07) is 18.6. The lowest BCUT2D eigenvalue weighted by atomic mass is 10.3. The molecule has 3 rings (SSSR count). The summed E-state index contributed by atoms with van der Waals surface area (Å²) in [4.78, 5) is 28.2. The second-order valence-corrected chi connectivity index (χ2v) is 6.78. The molecule has 1 N–H and O–H groups in total. The van der Waals surface area contributed by atoms with Gasteiger partial charge in [0.05, 0.1) is 0 Å². The van der Waals surface area contributed by atoms with Crippen molar-refractivity contribution < 1.29 is 19.1 Å². The number of hydrogen-bond acceptors (Lipinski definition) is 5. The number of amides is 2. The van der Waals surface area contributed by atoms with Crippen LogP contribution in [0.2, 0.25) is 0 Å². The topological polar surface area (TPSA) is 71.1 Å². The summed E-state index contributed by atoms with van der Waals surface area (Å²) in [5, 5.41) is 2.87. The zero-order valence-corrected chi connectivity index (χ0v) is 16.5. The molecule has 7 heteroatoms. The van der Waals surface area contributed by atoms with E-state index in [-0.39, 0.29) is 25.0 Å². The highest BCUT2D eigenvalue weighted by Crippen LogP contribution is 2.09. The molecule has 0 radical (unpaired) electrons. The molecule has 2 aromatic rings. The largest absolute Gasteiger partial charge is 0.484 e. The molecule has 2 aromatic carbocycles. The van der Waals surface area contributed by atoms with Crippen molar-refractivity contribution >= 4 is 11.8 Å². The minimum absolute atomic E-state index is 0.000124. The van der Waals surface area contributed by atoms with E-state index in [9.17, 15) is 9.59 Å². The van der Waals surface area contributed by atoms with E-state index in [2.05, 4.69) is 10.2 Å². The van der Waals surface area contributed by atoms with Gasteiger partial charge in [-0.15, -0.1) is 0 Å². The normalized spacial score (nSPS) is 14.3. The zero-order valence-electron chi connectivity index (χ0n) is 16.5. The van der Waals surface area contributed by atoms with E-state index in [4.69, 9.17) is 9.47 Å². The summed E-state index contributed by atoms with van der Waals surface area (Å²) in [6.07, 6.45) is 0. The fraction of sp³-hybridized carbons (Fsp3) is 0.364. The fourth-order valence-corrected chi connectivity index (χ4v) is 3.04. The highest BCUT2D eigenvalue weighted by molar-refractivity contribution is 5.78. The lowest BCUT2D eigenvalue weighted by Crippen LogP contribution is -2.51. The van der Waals surface area contributed by atoms with Crippen LogP contribution in [0.1, 0.15) is 0 Å². The molecule has 0 bridgehead atoms. The number of benzene rings is 2. The first-order valence-electron chi connectivity index (χ1n) is 9.83. The molecule has 0 atom stereocenters. The fourth-order valence-electron chi connectivity index (χ4n) is 3.04. The van der Waals surface area contributed by atoms with E-state index in [1.807, 2.05) is 65.6 Å². The Kier molecular flexibility index (Phi) is 7.89. The molecular weight excluding hydrogens is 370 g/mol. The van der Waals surface area contributed by atoms with E-state index in [1.165, 1.54) is 0 Å². The van der Waals surface area contributed by atoms with E-state index in [0.717, 1.165) is 19.6 Å². The maximum Gasteiger partial charge on any atom is 0.260 e. The van der Waals surface area contributed by atoms with E-state index in [1.54, 1.807) is 0 Å². The van der Waals surface area contributed by atoms with Crippen molar-refractivity contribution in [2.75, 3.05) is 52.5 Å². The highest BCUT2D eigenvalue weighted by Gasteiger charge is 2.21. The van der Waals surface area contributed by atoms with Crippen molar-refractivity contribution in [3.05, 3.63) is 60.7 Å². The van der Waals surface area contributed by atoms with Crippen LogP contribution < -0.4 is 14.8 Å². The van der Waals surface area contributed by atoms with Crippen molar-refractivity contribution in [2.45, 2.75) is 0 Å². The summed E-state index contributed by atoms with van der Waals surface area (Å²) in [6.45, 7) is 4.28. The summed E-state index contributed by atoms with van der Waals surface area (Å²) < 4.78 is 11.0. The molecule has 1 saturated heterocycles. The van der Waals surface area contributed by atoms with Crippen LogP contribution >= 0.6 is 0 Å². The number of hydrogen-bond donors (Lipinski definition) is 1. The Hall–Kier alpha value is -3.06. The summed E-state index contributed by atoms with van der Waals surface area (Å²) >= 11 is 0. The number of nitrogens with zero attached hydrogens (tertiary/aromatic N) is 2. The van der Waals surface area contributed by atoms with Crippen LogP contribution in [0, 0.1) is 0 Å². The standard InChI is InChI=1S/C22H27N3O4/c26-21(17-28-19-7-3-1-4-8-19)23-11-12-24-13-15-25(16-14-24)22(27)18-29-20-9-5-2-6-10-20/h1-10H,11-18H2,(H,23,26). The molecule has 1 aliphatic heterocycles. The lowest BCUT2D eigenvalue weighted by molar-refractivity contribution is -0.135. The second-order valence-electron chi connectivity index (χ2n) is 6.78. The number of para-hydroxylation sites is 2. The van der Waals surface area contributed by atoms with Gasteiger partial charge in [0, 0.05) is 39.3 Å². The van der Waals surface area contributed by atoms with Gasteiger partial charge in [0.25, 0.3) is 11.8 Å². The van der Waals surface area contributed by atoms with Crippen LogP contribution in [0.15, 0.2) is 60.7 Å². The molecule has 0 aliphatic carbocycles. The molecule has 0 saturated carbocycles. The first-order valence-corrected chi connectivity index (χ1v) is 9.83. The number of nitrogens with one attached hydrogen (secondary N) is 1. The third-order valence-electron chi connectivity index (χ3n) is 4.69. The van der Waals surface area contributed by atoms with E-state index < -0.39 is 0 Å². The number of carbonyl (C=O) groups is 2. The Morgan fingerprint density at radius 1 is 0.793 bits per heavy atom. The number of ether oxygens (including phenoxy) is 2. The van der Waals surface area contributed by atoms with E-state index in [0.29, 0.717) is 31.1 Å². The predicted octanol–water partition coefficient (Wildman–Crippen LogP) is 1.40.